The van der Waals surface area contributed by atoms with Crippen molar-refractivity contribution in [2.75, 3.05) is 13.1 Å². The largest absolute Gasteiger partial charge is 0.357 e. The molecule has 1 unspecified atom stereocenters. The zero-order chi connectivity index (χ0) is 13.4. The van der Waals surface area contributed by atoms with E-state index < -0.39 is 6.43 Å². The van der Waals surface area contributed by atoms with E-state index in [9.17, 15) is 8.78 Å². The lowest BCUT2D eigenvalue weighted by Gasteiger charge is -2.35. The summed E-state index contributed by atoms with van der Waals surface area (Å²) in [4.78, 5) is 5.34. The van der Waals surface area contributed by atoms with Gasteiger partial charge >= 0.3 is 0 Å². The molecule has 3 rings (SSSR count). The second kappa shape index (κ2) is 4.93. The van der Waals surface area contributed by atoms with Gasteiger partial charge in [0.2, 0.25) is 0 Å². The van der Waals surface area contributed by atoms with Gasteiger partial charge in [-0.25, -0.2) is 8.78 Å². The van der Waals surface area contributed by atoms with Gasteiger partial charge in [-0.15, -0.1) is 0 Å². The molecule has 2 heterocycles. The number of benzene rings is 1. The van der Waals surface area contributed by atoms with E-state index in [2.05, 4.69) is 24.0 Å². The van der Waals surface area contributed by atoms with Crippen LogP contribution in [0.15, 0.2) is 24.3 Å². The molecule has 0 fully saturated rings. The Morgan fingerprint density at radius 3 is 2.89 bits per heavy atom. The Hall–Kier alpha value is -1.42. The van der Waals surface area contributed by atoms with Gasteiger partial charge in [0.15, 0.2) is 0 Å². The smallest absolute Gasteiger partial charge is 0.251 e. The zero-order valence-corrected chi connectivity index (χ0v) is 11.0. The van der Waals surface area contributed by atoms with Gasteiger partial charge in [0.1, 0.15) is 0 Å². The molecule has 0 spiro atoms. The summed E-state index contributed by atoms with van der Waals surface area (Å²) in [6.07, 6.45) is -0.560. The highest BCUT2D eigenvalue weighted by Crippen LogP contribution is 2.36. The van der Waals surface area contributed by atoms with Gasteiger partial charge < -0.3 is 4.98 Å². The summed E-state index contributed by atoms with van der Waals surface area (Å²) in [5.41, 5.74) is 3.56. The molecule has 102 valence electrons. The van der Waals surface area contributed by atoms with Gasteiger partial charge in [-0.3, -0.25) is 4.90 Å². The Balaban J connectivity index is 2.03. The molecule has 0 saturated carbocycles. The number of hydrogen-bond donors (Lipinski definition) is 1. The normalized spacial score (nSPS) is 20.1. The van der Waals surface area contributed by atoms with Crippen LogP contribution >= 0.6 is 0 Å². The third-order valence-corrected chi connectivity index (χ3v) is 4.03. The molecule has 0 saturated heterocycles. The Labute approximate surface area is 111 Å². The number of rotatable bonds is 3. The summed E-state index contributed by atoms with van der Waals surface area (Å²) in [5, 5.41) is 1.24. The highest BCUT2D eigenvalue weighted by atomic mass is 19.3. The fourth-order valence-electron chi connectivity index (χ4n) is 3.23. The van der Waals surface area contributed by atoms with Crippen molar-refractivity contribution in [3.8, 4) is 0 Å². The fraction of sp³-hybridized carbons (Fsp3) is 0.467. The number of nitrogens with zero attached hydrogens (tertiary/aromatic N) is 1. The minimum absolute atomic E-state index is 0.0881. The minimum Gasteiger partial charge on any atom is -0.357 e. The number of hydrogen-bond acceptors (Lipinski definition) is 1. The summed E-state index contributed by atoms with van der Waals surface area (Å²) in [6.45, 7) is 2.65. The molecular formula is C15H18F2N2. The Morgan fingerprint density at radius 1 is 1.37 bits per heavy atom. The lowest BCUT2D eigenvalue weighted by molar-refractivity contribution is 0.0589. The summed E-state index contributed by atoms with van der Waals surface area (Å²) < 4.78 is 25.3. The van der Waals surface area contributed by atoms with Crippen LogP contribution in [0, 0.1) is 0 Å². The highest BCUT2D eigenvalue weighted by molar-refractivity contribution is 5.85. The van der Waals surface area contributed by atoms with Crippen LogP contribution in [0.4, 0.5) is 8.78 Å². The average Bonchev–Trinajstić information content (AvgIpc) is 2.76. The summed E-state index contributed by atoms with van der Waals surface area (Å²) in [5.74, 6) is 0. The van der Waals surface area contributed by atoms with Crippen molar-refractivity contribution >= 4 is 10.9 Å². The van der Waals surface area contributed by atoms with Crippen molar-refractivity contribution in [2.45, 2.75) is 32.2 Å². The van der Waals surface area contributed by atoms with Crippen LogP contribution in [0.25, 0.3) is 10.9 Å². The standard InChI is InChI=1S/C15H18F2N2/c1-2-13-15-11(7-8-19(13)9-14(16)17)10-5-3-4-6-12(10)18-15/h3-6,13-14,18H,2,7-9H2,1H3. The van der Waals surface area contributed by atoms with Crippen LogP contribution in [0.5, 0.6) is 0 Å². The van der Waals surface area contributed by atoms with E-state index in [0.717, 1.165) is 30.6 Å². The van der Waals surface area contributed by atoms with Crippen molar-refractivity contribution in [3.63, 3.8) is 0 Å². The first-order chi connectivity index (χ1) is 9.20. The molecule has 0 amide bonds. The van der Waals surface area contributed by atoms with E-state index in [1.165, 1.54) is 10.9 Å². The van der Waals surface area contributed by atoms with E-state index in [4.69, 9.17) is 0 Å². The van der Waals surface area contributed by atoms with Crippen LogP contribution in [0.3, 0.4) is 0 Å². The molecular weight excluding hydrogens is 246 g/mol. The molecule has 19 heavy (non-hydrogen) atoms. The number of halogens is 2. The molecule has 1 atom stereocenters. The van der Waals surface area contributed by atoms with Gasteiger partial charge in [-0.1, -0.05) is 25.1 Å². The van der Waals surface area contributed by atoms with Gasteiger partial charge in [-0.2, -0.15) is 0 Å². The van der Waals surface area contributed by atoms with Crippen molar-refractivity contribution in [1.29, 1.82) is 0 Å². The average molecular weight is 264 g/mol. The monoisotopic (exact) mass is 264 g/mol. The molecule has 1 aliphatic rings. The number of alkyl halides is 2. The molecule has 0 radical (unpaired) electrons. The quantitative estimate of drug-likeness (QED) is 0.894. The molecule has 1 aromatic heterocycles. The predicted molar refractivity (Wildman–Crippen MR) is 72.6 cm³/mol. The third kappa shape index (κ3) is 2.14. The zero-order valence-electron chi connectivity index (χ0n) is 11.0. The number of fused-ring (bicyclic) bond motifs is 3. The van der Waals surface area contributed by atoms with E-state index in [0.29, 0.717) is 0 Å². The van der Waals surface area contributed by atoms with Crippen LogP contribution < -0.4 is 0 Å². The van der Waals surface area contributed by atoms with Gasteiger partial charge in [0.05, 0.1) is 12.6 Å². The summed E-state index contributed by atoms with van der Waals surface area (Å²) in [7, 11) is 0. The molecule has 1 aliphatic heterocycles. The minimum atomic E-state index is -2.26. The number of nitrogens with one attached hydrogen (secondary N) is 1. The van der Waals surface area contributed by atoms with E-state index in [1.54, 1.807) is 0 Å². The fourth-order valence-corrected chi connectivity index (χ4v) is 3.23. The lowest BCUT2D eigenvalue weighted by atomic mass is 9.96. The maximum atomic E-state index is 12.7. The molecule has 0 bridgehead atoms. The molecule has 1 N–H and O–H groups in total. The van der Waals surface area contributed by atoms with Gasteiger partial charge in [0, 0.05) is 23.1 Å². The topological polar surface area (TPSA) is 19.0 Å². The van der Waals surface area contributed by atoms with Gasteiger partial charge in [0.25, 0.3) is 6.43 Å². The van der Waals surface area contributed by atoms with E-state index >= 15 is 0 Å². The van der Waals surface area contributed by atoms with Crippen molar-refractivity contribution in [3.05, 3.63) is 35.5 Å². The SMILES string of the molecule is CCC1c2[nH]c3ccccc3c2CCN1CC(F)F. The molecule has 2 nitrogen and oxygen atoms in total. The molecule has 1 aromatic carbocycles. The molecule has 4 heteroatoms. The Morgan fingerprint density at radius 2 is 2.16 bits per heavy atom. The Kier molecular flexibility index (Phi) is 3.27. The third-order valence-electron chi connectivity index (χ3n) is 4.03. The van der Waals surface area contributed by atoms with Crippen LogP contribution in [-0.2, 0) is 6.42 Å². The van der Waals surface area contributed by atoms with Gasteiger partial charge in [-0.05, 0) is 24.5 Å². The lowest BCUT2D eigenvalue weighted by Crippen LogP contribution is -2.38. The Bertz CT molecular complexity index is 577. The van der Waals surface area contributed by atoms with E-state index in [1.807, 2.05) is 17.0 Å². The second-order valence-corrected chi connectivity index (χ2v) is 5.12. The van der Waals surface area contributed by atoms with E-state index in [-0.39, 0.29) is 12.6 Å². The van der Waals surface area contributed by atoms with Crippen molar-refractivity contribution in [1.82, 2.24) is 9.88 Å². The maximum absolute atomic E-state index is 12.7. The van der Waals surface area contributed by atoms with Crippen molar-refractivity contribution < 1.29 is 8.78 Å². The molecule has 0 aliphatic carbocycles. The van der Waals surface area contributed by atoms with Crippen LogP contribution in [0.1, 0.15) is 30.6 Å². The first-order valence-corrected chi connectivity index (χ1v) is 6.82. The summed E-state index contributed by atoms with van der Waals surface area (Å²) in [6, 6.07) is 8.29. The number of aromatic nitrogens is 1. The molecule has 2 aromatic rings. The number of para-hydroxylation sites is 1. The number of aromatic amines is 1. The summed E-state index contributed by atoms with van der Waals surface area (Å²) >= 11 is 0. The first-order valence-electron chi connectivity index (χ1n) is 6.82. The highest BCUT2D eigenvalue weighted by Gasteiger charge is 2.30. The second-order valence-electron chi connectivity index (χ2n) is 5.12. The predicted octanol–water partition coefficient (Wildman–Crippen LogP) is 3.74. The van der Waals surface area contributed by atoms with Crippen LogP contribution in [0.2, 0.25) is 0 Å². The van der Waals surface area contributed by atoms with Crippen LogP contribution in [-0.4, -0.2) is 29.4 Å². The van der Waals surface area contributed by atoms with Crippen molar-refractivity contribution in [2.24, 2.45) is 0 Å². The maximum Gasteiger partial charge on any atom is 0.251 e. The number of H-pyrrole nitrogens is 1. The first kappa shape index (κ1) is 12.6.